The average molecular weight is 387 g/mol. The van der Waals surface area contributed by atoms with E-state index in [2.05, 4.69) is 76.2 Å². The van der Waals surface area contributed by atoms with Gasteiger partial charge in [0.15, 0.2) is 8.24 Å². The van der Waals surface area contributed by atoms with Gasteiger partial charge in [0.2, 0.25) is 0 Å². The van der Waals surface area contributed by atoms with Gasteiger partial charge in [0.25, 0.3) is 0 Å². The van der Waals surface area contributed by atoms with Crippen molar-refractivity contribution >= 4 is 15.6 Å². The lowest BCUT2D eigenvalue weighted by Crippen LogP contribution is -2.46. The van der Waals surface area contributed by atoms with E-state index in [1.54, 1.807) is 11.0 Å². The minimum atomic E-state index is -1.35. The lowest BCUT2D eigenvalue weighted by atomic mass is 10.3. The molecule has 25 heavy (non-hydrogen) atoms. The Balaban J connectivity index is 3.08. The van der Waals surface area contributed by atoms with Gasteiger partial charge in [0.1, 0.15) is 12.7 Å². The van der Waals surface area contributed by atoms with E-state index in [1.807, 2.05) is 0 Å². The number of hydrogen-bond donors (Lipinski definition) is 2. The minimum Gasteiger partial charge on any atom is -0.384 e. The Labute approximate surface area is 159 Å². The Kier molecular flexibility index (Phi) is 9.14. The number of rotatable bonds is 11. The minimum absolute atomic E-state index is 0.715. The highest BCUT2D eigenvalue weighted by Gasteiger charge is 2.53. The van der Waals surface area contributed by atoms with E-state index in [0.29, 0.717) is 11.3 Å². The van der Waals surface area contributed by atoms with Crippen molar-refractivity contribution in [2.24, 2.45) is 0 Å². The normalized spacial score (nSPS) is 16.6. The summed E-state index contributed by atoms with van der Waals surface area (Å²) in [5.74, 6) is 0. The average Bonchev–Trinajstić information content (AvgIpc) is 2.96. The fraction of sp³-hybridized carbons (Fsp3) is 0.900. The predicted octanol–water partition coefficient (Wildman–Crippen LogP) is 5.49. The summed E-state index contributed by atoms with van der Waals surface area (Å²) in [4.78, 5) is 2.51. The van der Waals surface area contributed by atoms with Crippen LogP contribution in [-0.4, -0.2) is 50.6 Å². The molecule has 0 spiro atoms. The summed E-state index contributed by atoms with van der Waals surface area (Å²) in [6.07, 6.45) is 3.88. The van der Waals surface area contributed by atoms with Gasteiger partial charge < -0.3 is 10.2 Å². The van der Waals surface area contributed by atoms with Crippen LogP contribution in [0.4, 0.5) is 0 Å². The van der Waals surface area contributed by atoms with E-state index in [-0.39, 0.29) is 0 Å². The summed E-state index contributed by atoms with van der Waals surface area (Å²) in [7, 11) is -2.67. The largest absolute Gasteiger partial charge is 0.384 e. The zero-order valence-electron chi connectivity index (χ0n) is 18.5. The van der Waals surface area contributed by atoms with Crippen LogP contribution < -0.4 is 10.1 Å². The van der Waals surface area contributed by atoms with Gasteiger partial charge in [-0.05, 0) is 53.6 Å². The van der Waals surface area contributed by atoms with Gasteiger partial charge in [-0.3, -0.25) is 0 Å². The van der Waals surface area contributed by atoms with Gasteiger partial charge in [-0.2, -0.15) is 0 Å². The van der Waals surface area contributed by atoms with Crippen LogP contribution in [0.25, 0.3) is 0 Å². The van der Waals surface area contributed by atoms with Gasteiger partial charge in [-0.1, -0.05) is 33.5 Å². The smallest absolute Gasteiger partial charge is 0.160 e. The Morgan fingerprint density at radius 2 is 1.56 bits per heavy atom. The van der Waals surface area contributed by atoms with Crippen molar-refractivity contribution < 1.29 is 0 Å². The molecular weight excluding hydrogens is 341 g/mol. The summed E-state index contributed by atoms with van der Waals surface area (Å²) >= 11 is 0. The highest BCUT2D eigenvalue weighted by atomic mass is 31.2. The lowest BCUT2D eigenvalue weighted by Gasteiger charge is -2.40. The molecule has 0 radical (unpaired) electrons. The molecule has 2 N–H and O–H groups in total. The van der Waals surface area contributed by atoms with Crippen LogP contribution in [0.2, 0.25) is 19.6 Å². The molecular formula is C20H45N3PSi+. The van der Waals surface area contributed by atoms with Crippen molar-refractivity contribution in [1.82, 2.24) is 15.0 Å². The van der Waals surface area contributed by atoms with Crippen molar-refractivity contribution in [3.8, 4) is 0 Å². The molecule has 0 heterocycles. The molecule has 0 fully saturated rings. The third kappa shape index (κ3) is 6.06. The van der Waals surface area contributed by atoms with Crippen LogP contribution >= 0.6 is 7.41 Å². The van der Waals surface area contributed by atoms with E-state index in [4.69, 9.17) is 0 Å². The fourth-order valence-corrected chi connectivity index (χ4v) is 15.0. The summed E-state index contributed by atoms with van der Waals surface area (Å²) in [5, 5.41) is 5.66. The lowest BCUT2D eigenvalue weighted by molar-refractivity contribution is 0.305. The molecule has 0 aromatic carbocycles. The van der Waals surface area contributed by atoms with E-state index in [9.17, 15) is 0 Å². The van der Waals surface area contributed by atoms with E-state index in [0.717, 1.165) is 26.2 Å². The van der Waals surface area contributed by atoms with Crippen LogP contribution in [-0.2, 0) is 0 Å². The third-order valence-corrected chi connectivity index (χ3v) is 14.3. The molecule has 0 aromatic rings. The second-order valence-electron chi connectivity index (χ2n) is 9.06. The van der Waals surface area contributed by atoms with E-state index < -0.39 is 15.6 Å². The maximum absolute atomic E-state index is 4.30. The van der Waals surface area contributed by atoms with Crippen molar-refractivity contribution in [2.75, 3.05) is 26.2 Å². The van der Waals surface area contributed by atoms with E-state index in [1.165, 1.54) is 19.3 Å². The third-order valence-electron chi connectivity index (χ3n) is 5.45. The van der Waals surface area contributed by atoms with Crippen LogP contribution in [0.1, 0.15) is 60.8 Å². The molecule has 1 rings (SSSR count). The van der Waals surface area contributed by atoms with Crippen LogP contribution in [0.3, 0.4) is 0 Å². The van der Waals surface area contributed by atoms with Crippen molar-refractivity contribution in [2.45, 2.75) is 91.8 Å². The Bertz CT molecular complexity index is 429. The SMILES string of the molecule is CCN(CC)CCNC1=C([P+](N[Si](C)(C)C)(C(C)C)C(C)C)CCC1. The van der Waals surface area contributed by atoms with Gasteiger partial charge in [0, 0.05) is 19.5 Å². The molecule has 1 aliphatic carbocycles. The quantitative estimate of drug-likeness (QED) is 0.363. The summed E-state index contributed by atoms with van der Waals surface area (Å²) in [6, 6.07) is 0. The highest BCUT2D eigenvalue weighted by Crippen LogP contribution is 2.72. The number of allylic oxidation sites excluding steroid dienone is 2. The predicted molar refractivity (Wildman–Crippen MR) is 120 cm³/mol. The maximum atomic E-state index is 4.30. The molecule has 0 aliphatic heterocycles. The zero-order valence-corrected chi connectivity index (χ0v) is 20.4. The summed E-state index contributed by atoms with van der Waals surface area (Å²) < 4.78 is 4.30. The molecule has 0 aromatic heterocycles. The number of likely N-dealkylation sites (N-methyl/N-ethyl adjacent to an activating group) is 1. The molecule has 3 nitrogen and oxygen atoms in total. The molecule has 1 aliphatic rings. The van der Waals surface area contributed by atoms with Gasteiger partial charge in [-0.15, -0.1) is 0 Å². The molecule has 5 heteroatoms. The molecule has 0 saturated carbocycles. The standard InChI is InChI=1S/C20H45N3PSi/c1-10-23(11-2)16-15-21-19-13-12-14-20(19)24(17(3)4,18(5)6)22-25(7,8)9/h17-18,21-22H,10-16H2,1-9H3/q+1. The van der Waals surface area contributed by atoms with Gasteiger partial charge in [-0.25, -0.2) is 4.75 Å². The number of hydrogen-bond acceptors (Lipinski definition) is 3. The number of nitrogens with one attached hydrogen (secondary N) is 2. The van der Waals surface area contributed by atoms with Crippen molar-refractivity contribution in [1.29, 1.82) is 0 Å². The molecule has 0 saturated heterocycles. The monoisotopic (exact) mass is 386 g/mol. The first-order valence-corrected chi connectivity index (χ1v) is 15.9. The molecule has 0 unspecified atom stereocenters. The van der Waals surface area contributed by atoms with Crippen molar-refractivity contribution in [3.63, 3.8) is 0 Å². The summed E-state index contributed by atoms with van der Waals surface area (Å²) in [6.45, 7) is 26.3. The Morgan fingerprint density at radius 3 is 2.00 bits per heavy atom. The first-order chi connectivity index (χ1) is 11.6. The van der Waals surface area contributed by atoms with Crippen LogP contribution in [0, 0.1) is 0 Å². The van der Waals surface area contributed by atoms with Crippen LogP contribution in [0.15, 0.2) is 11.0 Å². The molecule has 0 amide bonds. The first kappa shape index (κ1) is 23.1. The maximum Gasteiger partial charge on any atom is 0.160 e. The first-order valence-electron chi connectivity index (χ1n) is 10.4. The van der Waals surface area contributed by atoms with Crippen LogP contribution in [0.5, 0.6) is 0 Å². The molecule has 0 bridgehead atoms. The topological polar surface area (TPSA) is 27.3 Å². The molecule has 0 atom stereocenters. The van der Waals surface area contributed by atoms with Gasteiger partial charge in [0.05, 0.1) is 17.0 Å². The van der Waals surface area contributed by atoms with Gasteiger partial charge >= 0.3 is 0 Å². The fourth-order valence-electron chi connectivity index (χ4n) is 4.33. The zero-order chi connectivity index (χ0) is 19.3. The summed E-state index contributed by atoms with van der Waals surface area (Å²) in [5.41, 5.74) is 3.02. The van der Waals surface area contributed by atoms with E-state index >= 15 is 0 Å². The Morgan fingerprint density at radius 1 is 1.00 bits per heavy atom. The van der Waals surface area contributed by atoms with Crippen molar-refractivity contribution in [3.05, 3.63) is 11.0 Å². The second-order valence-corrected chi connectivity index (χ2v) is 18.6. The molecule has 148 valence electrons. The second kappa shape index (κ2) is 9.87. The Hall–Kier alpha value is 0.107. The highest BCUT2D eigenvalue weighted by molar-refractivity contribution is 7.80. The number of nitrogens with zero attached hydrogens (tertiary/aromatic N) is 1.